The first-order valence-corrected chi connectivity index (χ1v) is 6.26. The topological polar surface area (TPSA) is 49.8 Å². The number of ether oxygens (including phenoxy) is 1. The Labute approximate surface area is 112 Å². The Kier molecular flexibility index (Phi) is 5.76. The third-order valence-corrected chi connectivity index (χ3v) is 3.14. The molecule has 5 heteroatoms. The Morgan fingerprint density at radius 2 is 2.21 bits per heavy atom. The molecule has 19 heavy (non-hydrogen) atoms. The van der Waals surface area contributed by atoms with Crippen molar-refractivity contribution in [3.8, 4) is 5.75 Å². The summed E-state index contributed by atoms with van der Waals surface area (Å²) in [5.41, 5.74) is 0.512. The molecule has 0 aliphatic carbocycles. The summed E-state index contributed by atoms with van der Waals surface area (Å²) in [6.07, 6.45) is 0.0411. The van der Waals surface area contributed by atoms with Gasteiger partial charge in [-0.1, -0.05) is 19.1 Å². The van der Waals surface area contributed by atoms with E-state index >= 15 is 0 Å². The molecule has 0 heterocycles. The van der Waals surface area contributed by atoms with Gasteiger partial charge in [-0.15, -0.1) is 0 Å². The molecule has 0 amide bonds. The quantitative estimate of drug-likeness (QED) is 0.826. The number of methoxy groups -OCH3 is 1. The van der Waals surface area contributed by atoms with E-state index < -0.39 is 5.97 Å². The second kappa shape index (κ2) is 7.09. The van der Waals surface area contributed by atoms with E-state index in [2.05, 4.69) is 0 Å². The number of hydrogen-bond acceptors (Lipinski definition) is 3. The largest absolute Gasteiger partial charge is 0.494 e. The third kappa shape index (κ3) is 4.21. The fraction of sp³-hybridized carbons (Fsp3) is 0.500. The second-order valence-corrected chi connectivity index (χ2v) is 4.44. The van der Waals surface area contributed by atoms with Gasteiger partial charge in [0.15, 0.2) is 11.6 Å². The number of carbonyl (C=O) groups is 1. The molecule has 1 N–H and O–H groups in total. The summed E-state index contributed by atoms with van der Waals surface area (Å²) in [7, 11) is 1.42. The van der Waals surface area contributed by atoms with Crippen molar-refractivity contribution < 1.29 is 19.0 Å². The average Bonchev–Trinajstić information content (AvgIpc) is 2.36. The number of hydrogen-bond donors (Lipinski definition) is 1. The van der Waals surface area contributed by atoms with Crippen LogP contribution in [-0.2, 0) is 11.3 Å². The van der Waals surface area contributed by atoms with Gasteiger partial charge in [-0.25, -0.2) is 4.39 Å². The van der Waals surface area contributed by atoms with Gasteiger partial charge in [-0.2, -0.15) is 0 Å². The maximum atomic E-state index is 14.0. The van der Waals surface area contributed by atoms with Gasteiger partial charge in [-0.05, 0) is 19.5 Å². The SMILES string of the molecule is CCN(Cc1cccc(OC)c1F)C(C)CC(=O)O. The highest BCUT2D eigenvalue weighted by Gasteiger charge is 2.18. The number of aliphatic carboxylic acids is 1. The summed E-state index contributed by atoms with van der Waals surface area (Å²) in [6.45, 7) is 4.78. The third-order valence-electron chi connectivity index (χ3n) is 3.14. The van der Waals surface area contributed by atoms with Crippen LogP contribution in [0.1, 0.15) is 25.8 Å². The molecule has 4 nitrogen and oxygen atoms in total. The molecule has 1 atom stereocenters. The van der Waals surface area contributed by atoms with Crippen molar-refractivity contribution in [3.63, 3.8) is 0 Å². The average molecular weight is 269 g/mol. The van der Waals surface area contributed by atoms with Gasteiger partial charge in [0.25, 0.3) is 0 Å². The molecule has 0 aliphatic rings. The van der Waals surface area contributed by atoms with Gasteiger partial charge in [0, 0.05) is 18.2 Å². The Morgan fingerprint density at radius 3 is 2.74 bits per heavy atom. The van der Waals surface area contributed by atoms with E-state index in [9.17, 15) is 9.18 Å². The molecule has 0 saturated heterocycles. The maximum Gasteiger partial charge on any atom is 0.304 e. The maximum absolute atomic E-state index is 14.0. The molecule has 0 radical (unpaired) electrons. The lowest BCUT2D eigenvalue weighted by Crippen LogP contribution is -2.34. The van der Waals surface area contributed by atoms with Crippen LogP contribution in [0.4, 0.5) is 4.39 Å². The summed E-state index contributed by atoms with van der Waals surface area (Å²) < 4.78 is 19.0. The lowest BCUT2D eigenvalue weighted by atomic mass is 10.1. The van der Waals surface area contributed by atoms with Gasteiger partial charge in [-0.3, -0.25) is 9.69 Å². The van der Waals surface area contributed by atoms with Crippen LogP contribution in [0.5, 0.6) is 5.75 Å². The standard InChI is InChI=1S/C14H20FNO3/c1-4-16(10(2)8-13(17)18)9-11-6-5-7-12(19-3)14(11)15/h5-7,10H,4,8-9H2,1-3H3,(H,17,18). The zero-order valence-corrected chi connectivity index (χ0v) is 11.5. The molecule has 106 valence electrons. The van der Waals surface area contributed by atoms with E-state index in [0.717, 1.165) is 0 Å². The van der Waals surface area contributed by atoms with Gasteiger partial charge < -0.3 is 9.84 Å². The number of benzene rings is 1. The Hall–Kier alpha value is -1.62. The van der Waals surface area contributed by atoms with Crippen LogP contribution in [0.3, 0.4) is 0 Å². The molecule has 1 aromatic carbocycles. The van der Waals surface area contributed by atoms with Crippen LogP contribution in [0.15, 0.2) is 18.2 Å². The zero-order chi connectivity index (χ0) is 14.4. The van der Waals surface area contributed by atoms with Crippen molar-refractivity contribution in [3.05, 3.63) is 29.6 Å². The molecular weight excluding hydrogens is 249 g/mol. The van der Waals surface area contributed by atoms with Crippen molar-refractivity contribution in [1.29, 1.82) is 0 Å². The lowest BCUT2D eigenvalue weighted by Gasteiger charge is -2.27. The highest BCUT2D eigenvalue weighted by molar-refractivity contribution is 5.67. The van der Waals surface area contributed by atoms with Crippen molar-refractivity contribution >= 4 is 5.97 Å². The predicted molar refractivity (Wildman–Crippen MR) is 70.8 cm³/mol. The molecule has 0 saturated carbocycles. The lowest BCUT2D eigenvalue weighted by molar-refractivity contribution is -0.138. The van der Waals surface area contributed by atoms with Crippen LogP contribution < -0.4 is 4.74 Å². The minimum absolute atomic E-state index is 0.0411. The first kappa shape index (κ1) is 15.4. The Morgan fingerprint density at radius 1 is 1.53 bits per heavy atom. The molecule has 1 unspecified atom stereocenters. The minimum atomic E-state index is -0.850. The Balaban J connectivity index is 2.83. The first-order valence-electron chi connectivity index (χ1n) is 6.26. The summed E-state index contributed by atoms with van der Waals surface area (Å²) in [5.74, 6) is -1.03. The highest BCUT2D eigenvalue weighted by Crippen LogP contribution is 2.22. The summed E-state index contributed by atoms with van der Waals surface area (Å²) in [6, 6.07) is 4.84. The molecule has 1 aromatic rings. The van der Waals surface area contributed by atoms with E-state index in [1.807, 2.05) is 18.7 Å². The smallest absolute Gasteiger partial charge is 0.304 e. The fourth-order valence-electron chi connectivity index (χ4n) is 2.02. The molecule has 0 bridgehead atoms. The number of halogens is 1. The fourth-order valence-corrected chi connectivity index (χ4v) is 2.02. The monoisotopic (exact) mass is 269 g/mol. The summed E-state index contributed by atoms with van der Waals surface area (Å²) in [4.78, 5) is 12.7. The molecular formula is C14H20FNO3. The second-order valence-electron chi connectivity index (χ2n) is 4.44. The normalized spacial score (nSPS) is 12.5. The van der Waals surface area contributed by atoms with Crippen LogP contribution in [0, 0.1) is 5.82 Å². The van der Waals surface area contributed by atoms with Crippen molar-refractivity contribution in [1.82, 2.24) is 4.90 Å². The summed E-state index contributed by atoms with van der Waals surface area (Å²) in [5, 5.41) is 8.81. The molecule has 0 fully saturated rings. The summed E-state index contributed by atoms with van der Waals surface area (Å²) >= 11 is 0. The zero-order valence-electron chi connectivity index (χ0n) is 11.5. The Bertz CT molecular complexity index is 437. The van der Waals surface area contributed by atoms with Crippen LogP contribution >= 0.6 is 0 Å². The van der Waals surface area contributed by atoms with E-state index in [1.165, 1.54) is 7.11 Å². The van der Waals surface area contributed by atoms with Crippen molar-refractivity contribution in [2.75, 3.05) is 13.7 Å². The molecule has 0 aromatic heterocycles. The van der Waals surface area contributed by atoms with E-state index in [1.54, 1.807) is 18.2 Å². The van der Waals surface area contributed by atoms with Crippen molar-refractivity contribution in [2.45, 2.75) is 32.9 Å². The van der Waals surface area contributed by atoms with Crippen molar-refractivity contribution in [2.24, 2.45) is 0 Å². The van der Waals surface area contributed by atoms with E-state index in [4.69, 9.17) is 9.84 Å². The number of rotatable bonds is 7. The number of nitrogens with zero attached hydrogens (tertiary/aromatic N) is 1. The number of carboxylic acid groups (broad SMARTS) is 1. The van der Waals surface area contributed by atoms with Gasteiger partial charge >= 0.3 is 5.97 Å². The van der Waals surface area contributed by atoms with Crippen LogP contribution in [0.25, 0.3) is 0 Å². The van der Waals surface area contributed by atoms with E-state index in [-0.39, 0.29) is 24.0 Å². The number of carboxylic acids is 1. The van der Waals surface area contributed by atoms with Crippen LogP contribution in [0.2, 0.25) is 0 Å². The van der Waals surface area contributed by atoms with Crippen LogP contribution in [-0.4, -0.2) is 35.7 Å². The minimum Gasteiger partial charge on any atom is -0.494 e. The van der Waals surface area contributed by atoms with E-state index in [0.29, 0.717) is 18.7 Å². The molecule has 0 aliphatic heterocycles. The molecule has 1 rings (SSSR count). The highest BCUT2D eigenvalue weighted by atomic mass is 19.1. The first-order chi connectivity index (χ1) is 8.99. The predicted octanol–water partition coefficient (Wildman–Crippen LogP) is 2.52. The van der Waals surface area contributed by atoms with Gasteiger partial charge in [0.1, 0.15) is 0 Å². The molecule has 0 spiro atoms. The van der Waals surface area contributed by atoms with Gasteiger partial charge in [0.2, 0.25) is 0 Å². The van der Waals surface area contributed by atoms with Gasteiger partial charge in [0.05, 0.1) is 13.5 Å².